The summed E-state index contributed by atoms with van der Waals surface area (Å²) in [6, 6.07) is 0. The van der Waals surface area contributed by atoms with Gasteiger partial charge in [-0.15, -0.1) is 0 Å². The van der Waals surface area contributed by atoms with Crippen LogP contribution in [-0.4, -0.2) is 5.91 Å². The van der Waals surface area contributed by atoms with Crippen LogP contribution in [0.3, 0.4) is 0 Å². The van der Waals surface area contributed by atoms with Crippen molar-refractivity contribution in [1.82, 2.24) is 5.48 Å². The highest BCUT2D eigenvalue weighted by atomic mass is 16.6. The van der Waals surface area contributed by atoms with Gasteiger partial charge in [-0.25, -0.2) is 5.48 Å². The van der Waals surface area contributed by atoms with Crippen molar-refractivity contribution >= 4 is 5.91 Å². The van der Waals surface area contributed by atoms with E-state index in [2.05, 4.69) is 5.48 Å². The molecule has 0 saturated heterocycles. The number of nitrogens with two attached hydrogens (primary N) is 1. The zero-order valence-electron chi connectivity index (χ0n) is 5.33. The van der Waals surface area contributed by atoms with Gasteiger partial charge in [-0.2, -0.15) is 0 Å². The third kappa shape index (κ3) is 1.81. The van der Waals surface area contributed by atoms with Crippen molar-refractivity contribution in [2.24, 2.45) is 5.73 Å². The van der Waals surface area contributed by atoms with Crippen molar-refractivity contribution < 1.29 is 9.63 Å². The van der Waals surface area contributed by atoms with Crippen LogP contribution in [0.1, 0.15) is 6.42 Å². The molecule has 0 atom stereocenters. The summed E-state index contributed by atoms with van der Waals surface area (Å²) in [7, 11) is 0. The van der Waals surface area contributed by atoms with Crippen LogP contribution in [0.25, 0.3) is 0 Å². The predicted octanol–water partition coefficient (Wildman–Crippen LogP) is -0.206. The maximum atomic E-state index is 10.3. The molecule has 1 aliphatic heterocycles. The van der Waals surface area contributed by atoms with E-state index in [0.717, 1.165) is 0 Å². The van der Waals surface area contributed by atoms with Gasteiger partial charge in [0.1, 0.15) is 5.76 Å². The molecule has 4 heteroatoms. The molecule has 0 aliphatic carbocycles. The standard InChI is InChI=1S/C6H8N2O2/c7-6(9)4-5-2-1-3-8-10-5/h1-3,8H,4H2,(H2,7,9). The third-order valence-corrected chi connectivity index (χ3v) is 0.985. The van der Waals surface area contributed by atoms with Crippen LogP contribution < -0.4 is 11.2 Å². The molecule has 0 aromatic rings. The molecular weight excluding hydrogens is 132 g/mol. The fourth-order valence-electron chi connectivity index (χ4n) is 0.605. The Balaban J connectivity index is 2.47. The summed E-state index contributed by atoms with van der Waals surface area (Å²) >= 11 is 0. The Kier molecular flexibility index (Phi) is 1.94. The van der Waals surface area contributed by atoms with Crippen LogP contribution in [0.15, 0.2) is 24.1 Å². The monoisotopic (exact) mass is 140 g/mol. The second kappa shape index (κ2) is 2.91. The first kappa shape index (κ1) is 6.67. The number of carbonyl (C=O) groups excluding carboxylic acids is 1. The van der Waals surface area contributed by atoms with Crippen molar-refractivity contribution in [2.45, 2.75) is 6.42 Å². The van der Waals surface area contributed by atoms with Crippen LogP contribution in [0.4, 0.5) is 0 Å². The molecule has 0 bridgehead atoms. The molecular formula is C6H8N2O2. The van der Waals surface area contributed by atoms with E-state index in [1.54, 1.807) is 18.4 Å². The maximum Gasteiger partial charge on any atom is 0.225 e. The third-order valence-electron chi connectivity index (χ3n) is 0.985. The highest BCUT2D eigenvalue weighted by Gasteiger charge is 2.03. The van der Waals surface area contributed by atoms with Gasteiger partial charge in [-0.3, -0.25) is 4.79 Å². The van der Waals surface area contributed by atoms with Crippen molar-refractivity contribution in [2.75, 3.05) is 0 Å². The quantitative estimate of drug-likeness (QED) is 0.558. The van der Waals surface area contributed by atoms with Gasteiger partial charge in [0.15, 0.2) is 0 Å². The minimum atomic E-state index is -0.400. The first-order chi connectivity index (χ1) is 4.79. The molecule has 0 fully saturated rings. The average Bonchev–Trinajstić information content (AvgIpc) is 1.88. The number of nitrogens with one attached hydrogen (secondary N) is 1. The van der Waals surface area contributed by atoms with Gasteiger partial charge in [0.25, 0.3) is 0 Å². The number of rotatable bonds is 2. The molecule has 0 aromatic carbocycles. The van der Waals surface area contributed by atoms with Crippen LogP contribution in [0.5, 0.6) is 0 Å². The second-order valence-corrected chi connectivity index (χ2v) is 1.86. The largest absolute Gasteiger partial charge is 0.387 e. The van der Waals surface area contributed by atoms with E-state index >= 15 is 0 Å². The molecule has 1 heterocycles. The van der Waals surface area contributed by atoms with Gasteiger partial charge in [-0.1, -0.05) is 0 Å². The topological polar surface area (TPSA) is 64.4 Å². The van der Waals surface area contributed by atoms with E-state index in [0.29, 0.717) is 5.76 Å². The number of hydrogen-bond donors (Lipinski definition) is 2. The van der Waals surface area contributed by atoms with Crippen LogP contribution in [0.2, 0.25) is 0 Å². The lowest BCUT2D eigenvalue weighted by Gasteiger charge is -2.09. The Morgan fingerprint density at radius 2 is 2.60 bits per heavy atom. The smallest absolute Gasteiger partial charge is 0.225 e. The van der Waals surface area contributed by atoms with Crippen molar-refractivity contribution in [3.05, 3.63) is 24.1 Å². The fourth-order valence-corrected chi connectivity index (χ4v) is 0.605. The Labute approximate surface area is 58.3 Å². The number of primary amides is 1. The van der Waals surface area contributed by atoms with Gasteiger partial charge in [-0.05, 0) is 12.2 Å². The normalized spacial score (nSPS) is 15.0. The maximum absolute atomic E-state index is 10.3. The summed E-state index contributed by atoms with van der Waals surface area (Å²) in [5.41, 5.74) is 7.40. The number of carbonyl (C=O) groups is 1. The van der Waals surface area contributed by atoms with E-state index in [9.17, 15) is 4.79 Å². The van der Waals surface area contributed by atoms with Crippen LogP contribution in [0, 0.1) is 0 Å². The Hall–Kier alpha value is -1.45. The zero-order chi connectivity index (χ0) is 7.40. The Bertz CT molecular complexity index is 196. The van der Waals surface area contributed by atoms with E-state index in [4.69, 9.17) is 10.6 Å². The van der Waals surface area contributed by atoms with E-state index < -0.39 is 5.91 Å². The summed E-state index contributed by atoms with van der Waals surface area (Å²) < 4.78 is 0. The Morgan fingerprint density at radius 1 is 1.80 bits per heavy atom. The van der Waals surface area contributed by atoms with Crippen LogP contribution >= 0.6 is 0 Å². The van der Waals surface area contributed by atoms with Crippen LogP contribution in [-0.2, 0) is 9.63 Å². The van der Waals surface area contributed by atoms with Gasteiger partial charge < -0.3 is 10.6 Å². The molecule has 1 rings (SSSR count). The summed E-state index contributed by atoms with van der Waals surface area (Å²) in [6.45, 7) is 0. The molecule has 0 aromatic heterocycles. The van der Waals surface area contributed by atoms with Crippen molar-refractivity contribution in [3.8, 4) is 0 Å². The van der Waals surface area contributed by atoms with E-state index in [1.165, 1.54) is 0 Å². The number of hydroxylamine groups is 1. The molecule has 0 radical (unpaired) electrons. The molecule has 4 nitrogen and oxygen atoms in total. The predicted molar refractivity (Wildman–Crippen MR) is 35.3 cm³/mol. The Morgan fingerprint density at radius 3 is 3.10 bits per heavy atom. The summed E-state index contributed by atoms with van der Waals surface area (Å²) in [6.07, 6.45) is 5.17. The SMILES string of the molecule is NC(=O)CC1=CC=CNO1. The van der Waals surface area contributed by atoms with Gasteiger partial charge in [0.05, 0.1) is 6.42 Å². The molecule has 0 spiro atoms. The fraction of sp³-hybridized carbons (Fsp3) is 0.167. The van der Waals surface area contributed by atoms with Gasteiger partial charge >= 0.3 is 0 Å². The van der Waals surface area contributed by atoms with Crippen molar-refractivity contribution in [3.63, 3.8) is 0 Å². The van der Waals surface area contributed by atoms with Gasteiger partial charge in [0, 0.05) is 6.20 Å². The van der Waals surface area contributed by atoms with E-state index in [1.807, 2.05) is 0 Å². The summed E-state index contributed by atoms with van der Waals surface area (Å²) in [4.78, 5) is 15.1. The lowest BCUT2D eigenvalue weighted by molar-refractivity contribution is -0.118. The minimum Gasteiger partial charge on any atom is -0.387 e. The average molecular weight is 140 g/mol. The number of hydrogen-bond acceptors (Lipinski definition) is 3. The number of allylic oxidation sites excluding steroid dienone is 2. The molecule has 1 aliphatic rings. The number of amides is 1. The van der Waals surface area contributed by atoms with E-state index in [-0.39, 0.29) is 6.42 Å². The first-order valence-electron chi connectivity index (χ1n) is 2.85. The second-order valence-electron chi connectivity index (χ2n) is 1.86. The molecule has 54 valence electrons. The lowest BCUT2D eigenvalue weighted by atomic mass is 10.3. The molecule has 0 unspecified atom stereocenters. The minimum absolute atomic E-state index is 0.136. The van der Waals surface area contributed by atoms with Gasteiger partial charge in [0.2, 0.25) is 5.91 Å². The molecule has 10 heavy (non-hydrogen) atoms. The summed E-state index contributed by atoms with van der Waals surface area (Å²) in [5.74, 6) is 0.137. The molecule has 0 saturated carbocycles. The molecule has 1 amide bonds. The first-order valence-corrected chi connectivity index (χ1v) is 2.85. The zero-order valence-corrected chi connectivity index (χ0v) is 5.33. The van der Waals surface area contributed by atoms with Crippen molar-refractivity contribution in [1.29, 1.82) is 0 Å². The highest BCUT2D eigenvalue weighted by Crippen LogP contribution is 2.03. The summed E-state index contributed by atoms with van der Waals surface area (Å²) in [5, 5.41) is 0. The molecule has 3 N–H and O–H groups in total. The lowest BCUT2D eigenvalue weighted by Crippen LogP contribution is -2.16. The highest BCUT2D eigenvalue weighted by molar-refractivity contribution is 5.76.